The van der Waals surface area contributed by atoms with Crippen molar-refractivity contribution in [3.63, 3.8) is 0 Å². The number of ether oxygens (including phenoxy) is 2. The fourth-order valence-corrected chi connectivity index (χ4v) is 2.67. The Labute approximate surface area is 172 Å². The number of aromatic nitrogens is 1. The lowest BCUT2D eigenvalue weighted by molar-refractivity contribution is -0.123. The van der Waals surface area contributed by atoms with Crippen LogP contribution in [0.15, 0.2) is 53.1 Å². The van der Waals surface area contributed by atoms with Crippen molar-refractivity contribution >= 4 is 17.6 Å². The first kappa shape index (κ1) is 21.0. The van der Waals surface area contributed by atoms with Crippen molar-refractivity contribution in [1.29, 1.82) is 0 Å². The molecule has 3 rings (SSSR count). The summed E-state index contributed by atoms with van der Waals surface area (Å²) in [6.07, 6.45) is -1.08. The number of hydrogen-bond donors (Lipinski definition) is 1. The topological polar surface area (TPSA) is 90.7 Å². The maximum atomic E-state index is 13.2. The van der Waals surface area contributed by atoms with E-state index in [4.69, 9.17) is 14.0 Å². The van der Waals surface area contributed by atoms with Crippen molar-refractivity contribution in [2.24, 2.45) is 0 Å². The number of nitrogens with zero attached hydrogens (tertiary/aromatic N) is 1. The van der Waals surface area contributed by atoms with Crippen molar-refractivity contribution in [2.75, 3.05) is 5.32 Å². The molecular weight excluding hydrogens is 391 g/mol. The Kier molecular flexibility index (Phi) is 6.46. The third-order valence-corrected chi connectivity index (χ3v) is 4.38. The molecule has 0 spiro atoms. The average molecular weight is 412 g/mol. The van der Waals surface area contributed by atoms with Gasteiger partial charge in [-0.05, 0) is 57.2 Å². The van der Waals surface area contributed by atoms with Gasteiger partial charge in [0, 0.05) is 5.69 Å². The monoisotopic (exact) mass is 412 g/mol. The molecule has 7 nitrogen and oxygen atoms in total. The lowest BCUT2D eigenvalue weighted by Crippen LogP contribution is -2.30. The zero-order chi connectivity index (χ0) is 21.7. The minimum atomic E-state index is -1.08. The summed E-state index contributed by atoms with van der Waals surface area (Å²) in [6.45, 7) is 5.29. The Hall–Kier alpha value is -3.68. The molecule has 0 bridgehead atoms. The molecule has 0 fully saturated rings. The maximum Gasteiger partial charge on any atom is 0.339 e. The van der Waals surface area contributed by atoms with Gasteiger partial charge in [0.2, 0.25) is 0 Å². The molecule has 0 unspecified atom stereocenters. The Balaban J connectivity index is 1.59. The summed E-state index contributed by atoms with van der Waals surface area (Å²) >= 11 is 0. The van der Waals surface area contributed by atoms with Crippen molar-refractivity contribution in [3.05, 3.63) is 76.9 Å². The molecule has 2 aromatic carbocycles. The number of rotatable bonds is 7. The molecule has 1 amide bonds. The summed E-state index contributed by atoms with van der Waals surface area (Å²) in [5.74, 6) is -0.604. The molecule has 0 aliphatic carbocycles. The van der Waals surface area contributed by atoms with E-state index in [1.54, 1.807) is 25.1 Å². The molecule has 3 aromatic rings. The maximum absolute atomic E-state index is 13.2. The average Bonchev–Trinajstić information content (AvgIpc) is 3.04. The molecule has 0 saturated carbocycles. The first-order chi connectivity index (χ1) is 14.3. The molecule has 0 saturated heterocycles. The van der Waals surface area contributed by atoms with Crippen LogP contribution in [0.2, 0.25) is 0 Å². The van der Waals surface area contributed by atoms with E-state index in [2.05, 4.69) is 10.5 Å². The highest BCUT2D eigenvalue weighted by Gasteiger charge is 2.20. The summed E-state index contributed by atoms with van der Waals surface area (Å²) in [6, 6.07) is 11.9. The summed E-state index contributed by atoms with van der Waals surface area (Å²) in [5, 5.41) is 6.37. The third-order valence-electron chi connectivity index (χ3n) is 4.38. The predicted octanol–water partition coefficient (Wildman–Crippen LogP) is 4.19. The zero-order valence-corrected chi connectivity index (χ0v) is 16.8. The van der Waals surface area contributed by atoms with Gasteiger partial charge in [-0.15, -0.1) is 0 Å². The number of halogens is 1. The number of aryl methyl sites for hydroxylation is 2. The molecule has 156 valence electrons. The van der Waals surface area contributed by atoms with Crippen LogP contribution in [0.3, 0.4) is 0 Å². The van der Waals surface area contributed by atoms with Gasteiger partial charge in [-0.1, -0.05) is 17.3 Å². The lowest BCUT2D eigenvalue weighted by atomic mass is 10.2. The lowest BCUT2D eigenvalue weighted by Gasteiger charge is -2.14. The number of esters is 1. The number of hydrogen-bond acceptors (Lipinski definition) is 6. The van der Waals surface area contributed by atoms with Crippen LogP contribution in [0.5, 0.6) is 5.75 Å². The number of carbonyl (C=O) groups excluding carboxylic acids is 2. The largest absolute Gasteiger partial charge is 0.489 e. The van der Waals surface area contributed by atoms with Crippen LogP contribution in [-0.4, -0.2) is 23.1 Å². The van der Waals surface area contributed by atoms with Crippen molar-refractivity contribution < 1.29 is 28.0 Å². The van der Waals surface area contributed by atoms with Gasteiger partial charge in [-0.25, -0.2) is 9.18 Å². The highest BCUT2D eigenvalue weighted by molar-refractivity contribution is 5.97. The van der Waals surface area contributed by atoms with Crippen LogP contribution in [0, 0.1) is 19.7 Å². The molecule has 30 heavy (non-hydrogen) atoms. The van der Waals surface area contributed by atoms with E-state index in [0.717, 1.165) is 11.3 Å². The van der Waals surface area contributed by atoms with Crippen LogP contribution < -0.4 is 10.1 Å². The zero-order valence-electron chi connectivity index (χ0n) is 16.8. The quantitative estimate of drug-likeness (QED) is 0.585. The number of amides is 1. The van der Waals surface area contributed by atoms with E-state index >= 15 is 0 Å². The normalized spacial score (nSPS) is 11.6. The van der Waals surface area contributed by atoms with Crippen LogP contribution in [0.4, 0.5) is 10.1 Å². The molecule has 0 aliphatic rings. The second-order valence-corrected chi connectivity index (χ2v) is 6.67. The summed E-state index contributed by atoms with van der Waals surface area (Å²) in [7, 11) is 0. The molecule has 1 atom stereocenters. The Morgan fingerprint density at radius 2 is 1.93 bits per heavy atom. The first-order valence-electron chi connectivity index (χ1n) is 9.25. The van der Waals surface area contributed by atoms with E-state index in [1.165, 1.54) is 37.3 Å². The van der Waals surface area contributed by atoms with Crippen molar-refractivity contribution in [2.45, 2.75) is 33.5 Å². The molecular formula is C22H21FN2O5. The smallest absolute Gasteiger partial charge is 0.339 e. The van der Waals surface area contributed by atoms with Gasteiger partial charge in [0.1, 0.15) is 23.9 Å². The van der Waals surface area contributed by atoms with Crippen molar-refractivity contribution in [1.82, 2.24) is 5.16 Å². The van der Waals surface area contributed by atoms with Crippen LogP contribution in [0.1, 0.15) is 34.3 Å². The SMILES string of the molecule is Cc1noc(C)c1COc1cccc(C(=O)O[C@@H](C)C(=O)Nc2cccc(F)c2)c1. The number of carbonyl (C=O) groups is 2. The predicted molar refractivity (Wildman–Crippen MR) is 107 cm³/mol. The van der Waals surface area contributed by atoms with E-state index in [1.807, 2.05) is 6.92 Å². The highest BCUT2D eigenvalue weighted by Crippen LogP contribution is 2.19. The van der Waals surface area contributed by atoms with Crippen molar-refractivity contribution in [3.8, 4) is 5.75 Å². The van der Waals surface area contributed by atoms with E-state index < -0.39 is 23.8 Å². The van der Waals surface area contributed by atoms with Gasteiger partial charge in [-0.3, -0.25) is 4.79 Å². The van der Waals surface area contributed by atoms with Crippen LogP contribution in [0.25, 0.3) is 0 Å². The highest BCUT2D eigenvalue weighted by atomic mass is 19.1. The van der Waals surface area contributed by atoms with Gasteiger partial charge in [0.25, 0.3) is 5.91 Å². The molecule has 0 aliphatic heterocycles. The van der Waals surface area contributed by atoms with Crippen LogP contribution in [-0.2, 0) is 16.1 Å². The summed E-state index contributed by atoms with van der Waals surface area (Å²) < 4.78 is 29.3. The Morgan fingerprint density at radius 1 is 1.17 bits per heavy atom. The standard InChI is InChI=1S/C22H21FN2O5/c1-13-20(14(2)30-25-13)12-28-19-9-4-6-16(10-19)22(27)29-15(3)21(26)24-18-8-5-7-17(23)11-18/h4-11,15H,12H2,1-3H3,(H,24,26)/t15-/m0/s1. The Bertz CT molecular complexity index is 1040. The van der Waals surface area contributed by atoms with Gasteiger partial charge >= 0.3 is 5.97 Å². The van der Waals surface area contributed by atoms with Gasteiger partial charge in [0.15, 0.2) is 6.10 Å². The fourth-order valence-electron chi connectivity index (χ4n) is 2.67. The summed E-state index contributed by atoms with van der Waals surface area (Å²) in [5.41, 5.74) is 2.08. The Morgan fingerprint density at radius 3 is 2.63 bits per heavy atom. The second kappa shape index (κ2) is 9.21. The number of nitrogens with one attached hydrogen (secondary N) is 1. The first-order valence-corrected chi connectivity index (χ1v) is 9.25. The molecule has 1 aromatic heterocycles. The molecule has 1 heterocycles. The fraction of sp³-hybridized carbons (Fsp3) is 0.227. The molecule has 1 N–H and O–H groups in total. The molecule has 0 radical (unpaired) electrons. The minimum absolute atomic E-state index is 0.233. The van der Waals surface area contributed by atoms with Crippen LogP contribution >= 0.6 is 0 Å². The van der Waals surface area contributed by atoms with Gasteiger partial charge in [0.05, 0.1) is 16.8 Å². The second-order valence-electron chi connectivity index (χ2n) is 6.67. The summed E-state index contributed by atoms with van der Waals surface area (Å²) in [4.78, 5) is 24.6. The van der Waals surface area contributed by atoms with E-state index in [9.17, 15) is 14.0 Å². The minimum Gasteiger partial charge on any atom is -0.489 e. The molecule has 8 heteroatoms. The van der Waals surface area contributed by atoms with Gasteiger partial charge < -0.3 is 19.3 Å². The third kappa shape index (κ3) is 5.22. The number of benzene rings is 2. The van der Waals surface area contributed by atoms with E-state index in [0.29, 0.717) is 11.5 Å². The number of anilines is 1. The van der Waals surface area contributed by atoms with E-state index in [-0.39, 0.29) is 17.9 Å². The van der Waals surface area contributed by atoms with Gasteiger partial charge in [-0.2, -0.15) is 0 Å².